The lowest BCUT2D eigenvalue weighted by atomic mass is 10.0. The summed E-state index contributed by atoms with van der Waals surface area (Å²) >= 11 is 0. The van der Waals surface area contributed by atoms with Crippen LogP contribution >= 0.6 is 0 Å². The first-order valence-electron chi connectivity index (χ1n) is 7.58. The highest BCUT2D eigenvalue weighted by Gasteiger charge is 2.16. The molecule has 1 aromatic rings. The molecule has 0 aromatic heterocycles. The van der Waals surface area contributed by atoms with Gasteiger partial charge in [-0.3, -0.25) is 4.79 Å². The number of nitrogens with one attached hydrogen (secondary N) is 2. The monoisotopic (exact) mass is 291 g/mol. The SMILES string of the molecule is CC(=O)Nc1cccc(C(C)NCC(C(C)C)N(C)C)c1. The lowest BCUT2D eigenvalue weighted by molar-refractivity contribution is -0.114. The Labute approximate surface area is 128 Å². The molecule has 2 atom stereocenters. The van der Waals surface area contributed by atoms with Crippen molar-refractivity contribution in [2.24, 2.45) is 5.92 Å². The predicted octanol–water partition coefficient (Wildman–Crippen LogP) is 2.88. The number of hydrogen-bond donors (Lipinski definition) is 2. The maximum Gasteiger partial charge on any atom is 0.221 e. The first kappa shape index (κ1) is 17.7. The molecule has 1 aromatic carbocycles. The van der Waals surface area contributed by atoms with E-state index < -0.39 is 0 Å². The first-order chi connectivity index (χ1) is 9.81. The van der Waals surface area contributed by atoms with Crippen molar-refractivity contribution in [2.45, 2.75) is 39.8 Å². The highest BCUT2D eigenvalue weighted by molar-refractivity contribution is 5.88. The minimum absolute atomic E-state index is 0.0414. The van der Waals surface area contributed by atoms with Crippen molar-refractivity contribution in [1.29, 1.82) is 0 Å². The Balaban J connectivity index is 2.66. The average molecular weight is 291 g/mol. The van der Waals surface area contributed by atoms with Crippen LogP contribution in [0, 0.1) is 5.92 Å². The lowest BCUT2D eigenvalue weighted by Gasteiger charge is -2.29. The minimum atomic E-state index is -0.0414. The summed E-state index contributed by atoms with van der Waals surface area (Å²) in [6.45, 7) is 9.11. The Bertz CT molecular complexity index is 449. The molecule has 2 N–H and O–H groups in total. The van der Waals surface area contributed by atoms with Crippen molar-refractivity contribution in [3.05, 3.63) is 29.8 Å². The Hall–Kier alpha value is -1.39. The van der Waals surface area contributed by atoms with Crippen molar-refractivity contribution in [3.8, 4) is 0 Å². The smallest absolute Gasteiger partial charge is 0.221 e. The lowest BCUT2D eigenvalue weighted by Crippen LogP contribution is -2.42. The summed E-state index contributed by atoms with van der Waals surface area (Å²) in [6, 6.07) is 8.76. The summed E-state index contributed by atoms with van der Waals surface area (Å²) in [6.07, 6.45) is 0. The van der Waals surface area contributed by atoms with Gasteiger partial charge in [0.15, 0.2) is 0 Å². The molecule has 0 heterocycles. The van der Waals surface area contributed by atoms with E-state index in [1.807, 2.05) is 18.2 Å². The Morgan fingerprint density at radius 3 is 2.43 bits per heavy atom. The molecule has 0 spiro atoms. The van der Waals surface area contributed by atoms with Gasteiger partial charge in [-0.1, -0.05) is 26.0 Å². The van der Waals surface area contributed by atoms with Gasteiger partial charge in [-0.15, -0.1) is 0 Å². The fraction of sp³-hybridized carbons (Fsp3) is 0.588. The minimum Gasteiger partial charge on any atom is -0.326 e. The van der Waals surface area contributed by atoms with Crippen LogP contribution in [0.25, 0.3) is 0 Å². The summed E-state index contributed by atoms with van der Waals surface area (Å²) in [5, 5.41) is 6.41. The van der Waals surface area contributed by atoms with Crippen molar-refractivity contribution in [3.63, 3.8) is 0 Å². The second kappa shape index (κ2) is 8.15. The quantitative estimate of drug-likeness (QED) is 0.812. The van der Waals surface area contributed by atoms with Gasteiger partial charge >= 0.3 is 0 Å². The maximum atomic E-state index is 11.1. The molecule has 0 bridgehead atoms. The van der Waals surface area contributed by atoms with Gasteiger partial charge < -0.3 is 15.5 Å². The predicted molar refractivity (Wildman–Crippen MR) is 89.5 cm³/mol. The van der Waals surface area contributed by atoms with Crippen LogP contribution in [0.1, 0.15) is 39.3 Å². The van der Waals surface area contributed by atoms with E-state index in [9.17, 15) is 4.79 Å². The Kier molecular flexibility index (Phi) is 6.85. The number of anilines is 1. The topological polar surface area (TPSA) is 44.4 Å². The molecule has 118 valence electrons. The zero-order valence-electron chi connectivity index (χ0n) is 14.1. The van der Waals surface area contributed by atoms with E-state index in [-0.39, 0.29) is 11.9 Å². The number of hydrogen-bond acceptors (Lipinski definition) is 3. The van der Waals surface area contributed by atoms with Crippen molar-refractivity contribution in [2.75, 3.05) is 26.0 Å². The molecule has 0 aliphatic carbocycles. The third kappa shape index (κ3) is 5.86. The number of carbonyl (C=O) groups excluding carboxylic acids is 1. The molecule has 1 amide bonds. The maximum absolute atomic E-state index is 11.1. The molecule has 21 heavy (non-hydrogen) atoms. The van der Waals surface area contributed by atoms with Crippen LogP contribution in [0.3, 0.4) is 0 Å². The molecule has 0 saturated carbocycles. The number of rotatable bonds is 7. The van der Waals surface area contributed by atoms with Gasteiger partial charge in [-0.2, -0.15) is 0 Å². The fourth-order valence-electron chi connectivity index (χ4n) is 2.52. The van der Waals surface area contributed by atoms with Gasteiger partial charge in [0.05, 0.1) is 0 Å². The van der Waals surface area contributed by atoms with Crippen molar-refractivity contribution < 1.29 is 4.79 Å². The van der Waals surface area contributed by atoms with Crippen LogP contribution in [0.15, 0.2) is 24.3 Å². The third-order valence-corrected chi connectivity index (χ3v) is 3.77. The standard InChI is InChI=1S/C17H29N3O/c1-12(2)17(20(5)6)11-18-13(3)15-8-7-9-16(10-15)19-14(4)21/h7-10,12-13,17-18H,11H2,1-6H3,(H,19,21). The highest BCUT2D eigenvalue weighted by Crippen LogP contribution is 2.18. The molecular weight excluding hydrogens is 262 g/mol. The number of amides is 1. The molecule has 4 heteroatoms. The second-order valence-corrected chi connectivity index (χ2v) is 6.21. The van der Waals surface area contributed by atoms with Gasteiger partial charge in [0.25, 0.3) is 0 Å². The van der Waals surface area contributed by atoms with Crippen LogP contribution in [-0.4, -0.2) is 37.5 Å². The van der Waals surface area contributed by atoms with E-state index in [4.69, 9.17) is 0 Å². The first-order valence-corrected chi connectivity index (χ1v) is 7.58. The average Bonchev–Trinajstić information content (AvgIpc) is 2.37. The largest absolute Gasteiger partial charge is 0.326 e. The van der Waals surface area contributed by atoms with Crippen LogP contribution in [-0.2, 0) is 4.79 Å². The Morgan fingerprint density at radius 1 is 1.24 bits per heavy atom. The summed E-state index contributed by atoms with van der Waals surface area (Å²) in [4.78, 5) is 13.4. The third-order valence-electron chi connectivity index (χ3n) is 3.77. The van der Waals surface area contributed by atoms with Crippen LogP contribution in [0.2, 0.25) is 0 Å². The summed E-state index contributed by atoms with van der Waals surface area (Å²) in [7, 11) is 4.24. The van der Waals surface area contributed by atoms with Gasteiger partial charge in [0.2, 0.25) is 5.91 Å². The van der Waals surface area contributed by atoms with Crippen molar-refractivity contribution in [1.82, 2.24) is 10.2 Å². The zero-order chi connectivity index (χ0) is 16.0. The molecule has 0 aliphatic heterocycles. The summed E-state index contributed by atoms with van der Waals surface area (Å²) in [5.74, 6) is 0.561. The van der Waals surface area contributed by atoms with Gasteiger partial charge in [0, 0.05) is 31.2 Å². The van der Waals surface area contributed by atoms with E-state index in [2.05, 4.69) is 56.5 Å². The molecule has 0 radical (unpaired) electrons. The summed E-state index contributed by atoms with van der Waals surface area (Å²) < 4.78 is 0. The normalized spacial score (nSPS) is 14.3. The molecule has 0 aliphatic rings. The molecular formula is C17H29N3O. The van der Waals surface area contributed by atoms with E-state index in [0.717, 1.165) is 12.2 Å². The number of benzene rings is 1. The number of carbonyl (C=O) groups is 1. The summed E-state index contributed by atoms with van der Waals surface area (Å²) in [5.41, 5.74) is 2.03. The molecule has 0 fully saturated rings. The van der Waals surface area contributed by atoms with E-state index in [0.29, 0.717) is 12.0 Å². The number of likely N-dealkylation sites (N-methyl/N-ethyl adjacent to an activating group) is 1. The molecule has 0 saturated heterocycles. The van der Waals surface area contributed by atoms with E-state index in [1.54, 1.807) is 0 Å². The van der Waals surface area contributed by atoms with Gasteiger partial charge in [-0.05, 0) is 44.6 Å². The van der Waals surface area contributed by atoms with Crippen LogP contribution < -0.4 is 10.6 Å². The number of nitrogens with zero attached hydrogens (tertiary/aromatic N) is 1. The Morgan fingerprint density at radius 2 is 1.90 bits per heavy atom. The molecule has 4 nitrogen and oxygen atoms in total. The van der Waals surface area contributed by atoms with Gasteiger partial charge in [0.1, 0.15) is 0 Å². The van der Waals surface area contributed by atoms with Gasteiger partial charge in [-0.25, -0.2) is 0 Å². The highest BCUT2D eigenvalue weighted by atomic mass is 16.1. The van der Waals surface area contributed by atoms with Crippen molar-refractivity contribution >= 4 is 11.6 Å². The van der Waals surface area contributed by atoms with E-state index >= 15 is 0 Å². The molecule has 2 unspecified atom stereocenters. The van der Waals surface area contributed by atoms with E-state index in [1.165, 1.54) is 12.5 Å². The van der Waals surface area contributed by atoms with Crippen LogP contribution in [0.5, 0.6) is 0 Å². The van der Waals surface area contributed by atoms with Crippen LogP contribution in [0.4, 0.5) is 5.69 Å². The fourth-order valence-corrected chi connectivity index (χ4v) is 2.52. The zero-order valence-corrected chi connectivity index (χ0v) is 14.1. The second-order valence-electron chi connectivity index (χ2n) is 6.21. The molecule has 1 rings (SSSR count).